The standard InChI is InChI=1S/C6H12N4O/c1-5(2)11-4-10-6(8)9-3-7/h5H,4H2,1-2H3,(H3,8,9,10). The number of nitrogens with two attached hydrogens (primary N) is 1. The van der Waals surface area contributed by atoms with Crippen molar-refractivity contribution in [1.29, 1.82) is 5.26 Å². The molecule has 0 rings (SSSR count). The summed E-state index contributed by atoms with van der Waals surface area (Å²) in [5.41, 5.74) is 5.21. The molecule has 0 aliphatic rings. The van der Waals surface area contributed by atoms with Crippen LogP contribution in [0.4, 0.5) is 0 Å². The van der Waals surface area contributed by atoms with E-state index in [1.165, 1.54) is 0 Å². The average Bonchev–Trinajstić information content (AvgIpc) is 1.87. The molecule has 0 aromatic heterocycles. The van der Waals surface area contributed by atoms with Crippen LogP contribution in [0.5, 0.6) is 0 Å². The lowest BCUT2D eigenvalue weighted by atomic mass is 10.5. The molecular weight excluding hydrogens is 144 g/mol. The first-order valence-corrected chi connectivity index (χ1v) is 3.23. The molecule has 0 heterocycles. The van der Waals surface area contributed by atoms with E-state index in [0.29, 0.717) is 0 Å². The minimum absolute atomic E-state index is 0.0770. The molecule has 0 aliphatic carbocycles. The number of rotatable bonds is 3. The summed E-state index contributed by atoms with van der Waals surface area (Å²) in [6, 6.07) is 0. The third kappa shape index (κ3) is 6.61. The topological polar surface area (TPSA) is 83.4 Å². The van der Waals surface area contributed by atoms with Gasteiger partial charge in [0.1, 0.15) is 6.73 Å². The highest BCUT2D eigenvalue weighted by atomic mass is 16.5. The first kappa shape index (κ1) is 9.72. The lowest BCUT2D eigenvalue weighted by Gasteiger charge is -2.03. The Kier molecular flexibility index (Phi) is 4.86. The second-order valence-electron chi connectivity index (χ2n) is 2.12. The molecule has 5 nitrogen and oxygen atoms in total. The van der Waals surface area contributed by atoms with Gasteiger partial charge in [0, 0.05) is 0 Å². The van der Waals surface area contributed by atoms with Gasteiger partial charge in [0.25, 0.3) is 0 Å². The van der Waals surface area contributed by atoms with Crippen molar-refractivity contribution in [2.24, 2.45) is 10.7 Å². The van der Waals surface area contributed by atoms with Crippen LogP contribution in [0.2, 0.25) is 0 Å². The lowest BCUT2D eigenvalue weighted by Crippen LogP contribution is -2.27. The number of aliphatic imine (C=N–C) groups is 1. The SMILES string of the molecule is CC(C)OC/N=C(\N)NC#N. The average molecular weight is 156 g/mol. The zero-order valence-corrected chi connectivity index (χ0v) is 6.66. The number of ether oxygens (including phenoxy) is 1. The van der Waals surface area contributed by atoms with Crippen LogP contribution in [0.3, 0.4) is 0 Å². The Balaban J connectivity index is 3.49. The van der Waals surface area contributed by atoms with Gasteiger partial charge in [-0.25, -0.2) is 4.99 Å². The number of hydrogen-bond donors (Lipinski definition) is 2. The normalized spacial score (nSPS) is 11.3. The minimum atomic E-state index is 0.0770. The van der Waals surface area contributed by atoms with Crippen LogP contribution in [0, 0.1) is 11.5 Å². The summed E-state index contributed by atoms with van der Waals surface area (Å²) in [5.74, 6) is 0.0770. The number of nitrogens with one attached hydrogen (secondary N) is 1. The van der Waals surface area contributed by atoms with Crippen LogP contribution in [-0.2, 0) is 4.74 Å². The van der Waals surface area contributed by atoms with E-state index in [2.05, 4.69) is 10.3 Å². The lowest BCUT2D eigenvalue weighted by molar-refractivity contribution is 0.0853. The van der Waals surface area contributed by atoms with E-state index in [-0.39, 0.29) is 18.8 Å². The van der Waals surface area contributed by atoms with Gasteiger partial charge in [-0.05, 0) is 13.8 Å². The fraction of sp³-hybridized carbons (Fsp3) is 0.667. The van der Waals surface area contributed by atoms with E-state index < -0.39 is 0 Å². The van der Waals surface area contributed by atoms with Gasteiger partial charge in [-0.2, -0.15) is 5.26 Å². The molecule has 0 aromatic carbocycles. The Bertz CT molecular complexity index is 170. The molecule has 11 heavy (non-hydrogen) atoms. The fourth-order valence-electron chi connectivity index (χ4n) is 0.353. The van der Waals surface area contributed by atoms with Crippen LogP contribution in [0.25, 0.3) is 0 Å². The van der Waals surface area contributed by atoms with Gasteiger partial charge in [0.15, 0.2) is 6.19 Å². The molecule has 5 heteroatoms. The van der Waals surface area contributed by atoms with Crippen LogP contribution in [0.15, 0.2) is 4.99 Å². The molecule has 62 valence electrons. The summed E-state index contributed by atoms with van der Waals surface area (Å²) < 4.78 is 5.04. The Morgan fingerprint density at radius 3 is 2.91 bits per heavy atom. The van der Waals surface area contributed by atoms with E-state index in [1.807, 2.05) is 13.8 Å². The molecule has 0 bridgehead atoms. The molecule has 0 aromatic rings. The van der Waals surface area contributed by atoms with Gasteiger partial charge in [0.05, 0.1) is 6.10 Å². The highest BCUT2D eigenvalue weighted by molar-refractivity contribution is 5.79. The summed E-state index contributed by atoms with van der Waals surface area (Å²) in [6.45, 7) is 3.96. The number of nitrogens with zero attached hydrogens (tertiary/aromatic N) is 2. The van der Waals surface area contributed by atoms with Crippen molar-refractivity contribution in [3.05, 3.63) is 0 Å². The molecule has 0 unspecified atom stereocenters. The van der Waals surface area contributed by atoms with Gasteiger partial charge < -0.3 is 10.5 Å². The maximum Gasteiger partial charge on any atom is 0.204 e. The van der Waals surface area contributed by atoms with E-state index in [4.69, 9.17) is 15.7 Å². The van der Waals surface area contributed by atoms with Crippen LogP contribution >= 0.6 is 0 Å². The van der Waals surface area contributed by atoms with E-state index in [0.717, 1.165) is 0 Å². The molecule has 0 atom stereocenters. The summed E-state index contributed by atoms with van der Waals surface area (Å²) in [6.07, 6.45) is 1.76. The summed E-state index contributed by atoms with van der Waals surface area (Å²) in [7, 11) is 0. The second kappa shape index (κ2) is 5.50. The monoisotopic (exact) mass is 156 g/mol. The summed E-state index contributed by atoms with van der Waals surface area (Å²) in [4.78, 5) is 3.69. The predicted molar refractivity (Wildman–Crippen MR) is 41.5 cm³/mol. The second-order valence-corrected chi connectivity index (χ2v) is 2.12. The molecule has 0 radical (unpaired) electrons. The molecule has 0 saturated heterocycles. The Hall–Kier alpha value is -1.28. The number of hydrogen-bond acceptors (Lipinski definition) is 3. The molecular formula is C6H12N4O. The largest absolute Gasteiger partial charge is 0.369 e. The molecule has 0 amide bonds. The Morgan fingerprint density at radius 2 is 2.45 bits per heavy atom. The highest BCUT2D eigenvalue weighted by Crippen LogP contribution is 1.86. The molecule has 3 N–H and O–H groups in total. The van der Waals surface area contributed by atoms with Gasteiger partial charge in [-0.15, -0.1) is 0 Å². The fourth-order valence-corrected chi connectivity index (χ4v) is 0.353. The van der Waals surface area contributed by atoms with Crippen LogP contribution in [-0.4, -0.2) is 18.8 Å². The van der Waals surface area contributed by atoms with Crippen LogP contribution < -0.4 is 11.1 Å². The van der Waals surface area contributed by atoms with Crippen molar-refractivity contribution in [1.82, 2.24) is 5.32 Å². The van der Waals surface area contributed by atoms with Crippen molar-refractivity contribution in [2.45, 2.75) is 20.0 Å². The third-order valence-electron chi connectivity index (χ3n) is 0.827. The minimum Gasteiger partial charge on any atom is -0.369 e. The maximum absolute atomic E-state index is 8.08. The van der Waals surface area contributed by atoms with Gasteiger partial charge in [0.2, 0.25) is 5.96 Å². The Morgan fingerprint density at radius 1 is 1.82 bits per heavy atom. The summed E-state index contributed by atoms with van der Waals surface area (Å²) in [5, 5.41) is 10.3. The highest BCUT2D eigenvalue weighted by Gasteiger charge is 1.90. The van der Waals surface area contributed by atoms with Crippen molar-refractivity contribution in [3.63, 3.8) is 0 Å². The van der Waals surface area contributed by atoms with Crippen LogP contribution in [0.1, 0.15) is 13.8 Å². The maximum atomic E-state index is 8.08. The zero-order valence-electron chi connectivity index (χ0n) is 6.66. The van der Waals surface area contributed by atoms with Crippen molar-refractivity contribution >= 4 is 5.96 Å². The zero-order chi connectivity index (χ0) is 8.69. The number of guanidine groups is 1. The van der Waals surface area contributed by atoms with E-state index in [9.17, 15) is 0 Å². The van der Waals surface area contributed by atoms with Gasteiger partial charge in [-0.1, -0.05) is 0 Å². The van der Waals surface area contributed by atoms with Crippen molar-refractivity contribution in [2.75, 3.05) is 6.73 Å². The van der Waals surface area contributed by atoms with E-state index >= 15 is 0 Å². The Labute approximate surface area is 65.9 Å². The number of nitriles is 1. The smallest absolute Gasteiger partial charge is 0.204 e. The molecule has 0 aliphatic heterocycles. The quantitative estimate of drug-likeness (QED) is 0.255. The first-order valence-electron chi connectivity index (χ1n) is 3.23. The molecule has 0 fully saturated rings. The first-order chi connectivity index (χ1) is 5.16. The summed E-state index contributed by atoms with van der Waals surface area (Å²) >= 11 is 0. The van der Waals surface area contributed by atoms with Gasteiger partial charge >= 0.3 is 0 Å². The predicted octanol–water partition coefficient (Wildman–Crippen LogP) is -0.246. The van der Waals surface area contributed by atoms with Crippen molar-refractivity contribution < 1.29 is 4.74 Å². The van der Waals surface area contributed by atoms with Gasteiger partial charge in [-0.3, -0.25) is 5.32 Å². The van der Waals surface area contributed by atoms with E-state index in [1.54, 1.807) is 6.19 Å². The molecule has 0 saturated carbocycles. The third-order valence-corrected chi connectivity index (χ3v) is 0.827. The van der Waals surface area contributed by atoms with Crippen molar-refractivity contribution in [3.8, 4) is 6.19 Å². The molecule has 0 spiro atoms.